The van der Waals surface area contributed by atoms with Crippen molar-refractivity contribution < 1.29 is 28.0 Å². The van der Waals surface area contributed by atoms with Gasteiger partial charge < -0.3 is 10.5 Å². The smallest absolute Gasteiger partial charge is 0.411 e. The molecule has 1 unspecified atom stereocenters. The first-order valence-corrected chi connectivity index (χ1v) is 13.8. The fourth-order valence-electron chi connectivity index (χ4n) is 7.84. The summed E-state index contributed by atoms with van der Waals surface area (Å²) in [6.07, 6.45) is 4.10. The molecule has 0 saturated heterocycles. The molecule has 0 heterocycles. The second kappa shape index (κ2) is 9.66. The number of thioether (sulfide) groups is 1. The van der Waals surface area contributed by atoms with Crippen LogP contribution in [0.2, 0.25) is 0 Å². The van der Waals surface area contributed by atoms with E-state index in [2.05, 4.69) is 19.0 Å². The van der Waals surface area contributed by atoms with Crippen LogP contribution in [-0.4, -0.2) is 46.3 Å². The first-order chi connectivity index (χ1) is 16.0. The third-order valence-electron chi connectivity index (χ3n) is 9.74. The maximum atomic E-state index is 12.7. The van der Waals surface area contributed by atoms with Crippen LogP contribution in [0.4, 0.5) is 13.2 Å². The van der Waals surface area contributed by atoms with Crippen LogP contribution in [0.5, 0.6) is 0 Å². The summed E-state index contributed by atoms with van der Waals surface area (Å²) >= 11 is 1.86. The van der Waals surface area contributed by atoms with E-state index >= 15 is 0 Å². The van der Waals surface area contributed by atoms with Crippen LogP contribution in [0.25, 0.3) is 0 Å². The average Bonchev–Trinajstić information content (AvgIpc) is 3.09. The van der Waals surface area contributed by atoms with Gasteiger partial charge in [0.05, 0.1) is 5.71 Å². The van der Waals surface area contributed by atoms with Crippen molar-refractivity contribution in [2.24, 2.45) is 39.7 Å². The van der Waals surface area contributed by atoms with Crippen molar-refractivity contribution in [2.75, 3.05) is 12.3 Å². The summed E-state index contributed by atoms with van der Waals surface area (Å²) < 4.78 is 36.7. The molecular weight excluding hydrogens is 465 g/mol. The highest BCUT2D eigenvalue weighted by atomic mass is 32.2. The fraction of sp³-hybridized carbons (Fsp3) is 0.880. The second-order valence-electron chi connectivity index (χ2n) is 11.4. The summed E-state index contributed by atoms with van der Waals surface area (Å²) in [4.78, 5) is 23.5. The molecule has 9 heteroatoms. The SMILES string of the molecule is C[C@]12CC[C@@H](SCCCCNC(=O)C(F)(F)F)CC1/C(=N\O)C[C@@H]1[C@@H]2CC[C@]2(C)C(=O)CC[C@@H]12. The molecule has 0 aliphatic heterocycles. The lowest BCUT2D eigenvalue weighted by Gasteiger charge is -2.60. The Morgan fingerprint density at radius 1 is 1.18 bits per heavy atom. The Hall–Kier alpha value is -1.25. The molecule has 7 atom stereocenters. The minimum atomic E-state index is -4.82. The average molecular weight is 503 g/mol. The lowest BCUT2D eigenvalue weighted by molar-refractivity contribution is -0.173. The van der Waals surface area contributed by atoms with E-state index in [1.54, 1.807) is 0 Å². The number of hydrogen-bond donors (Lipinski definition) is 2. The summed E-state index contributed by atoms with van der Waals surface area (Å²) in [7, 11) is 0. The van der Waals surface area contributed by atoms with Crippen LogP contribution >= 0.6 is 11.8 Å². The van der Waals surface area contributed by atoms with Crippen LogP contribution in [0, 0.1) is 34.5 Å². The molecule has 0 radical (unpaired) electrons. The Kier molecular flexibility index (Phi) is 7.34. The summed E-state index contributed by atoms with van der Waals surface area (Å²) in [5.74, 6) is 1.03. The highest BCUT2D eigenvalue weighted by Gasteiger charge is 2.61. The van der Waals surface area contributed by atoms with Gasteiger partial charge in [-0.3, -0.25) is 9.59 Å². The molecule has 5 nitrogen and oxygen atoms in total. The summed E-state index contributed by atoms with van der Waals surface area (Å²) in [5.41, 5.74) is 0.806. The molecule has 0 aromatic rings. The van der Waals surface area contributed by atoms with Gasteiger partial charge in [0.15, 0.2) is 0 Å². The zero-order valence-electron chi connectivity index (χ0n) is 20.1. The van der Waals surface area contributed by atoms with Crippen molar-refractivity contribution >= 4 is 29.2 Å². The molecule has 0 spiro atoms. The predicted octanol–water partition coefficient (Wildman–Crippen LogP) is 5.60. The topological polar surface area (TPSA) is 78.8 Å². The van der Waals surface area contributed by atoms with E-state index in [9.17, 15) is 28.0 Å². The number of amides is 1. The van der Waals surface area contributed by atoms with Crippen molar-refractivity contribution in [1.82, 2.24) is 5.32 Å². The Morgan fingerprint density at radius 2 is 1.94 bits per heavy atom. The highest BCUT2D eigenvalue weighted by molar-refractivity contribution is 7.99. The number of carbonyl (C=O) groups is 2. The largest absolute Gasteiger partial charge is 0.471 e. The van der Waals surface area contributed by atoms with E-state index in [4.69, 9.17) is 0 Å². The molecular formula is C25H37F3N2O3S. The number of oxime groups is 1. The van der Waals surface area contributed by atoms with Gasteiger partial charge in [-0.1, -0.05) is 19.0 Å². The van der Waals surface area contributed by atoms with Gasteiger partial charge in [-0.05, 0) is 86.7 Å². The van der Waals surface area contributed by atoms with Crippen LogP contribution in [0.15, 0.2) is 5.16 Å². The van der Waals surface area contributed by atoms with Gasteiger partial charge in [0.25, 0.3) is 0 Å². The zero-order valence-corrected chi connectivity index (χ0v) is 20.9. The molecule has 0 bridgehead atoms. The number of unbranched alkanes of at least 4 members (excludes halogenated alkanes) is 1. The molecule has 2 N–H and O–H groups in total. The molecule has 34 heavy (non-hydrogen) atoms. The van der Waals surface area contributed by atoms with Gasteiger partial charge in [-0.15, -0.1) is 0 Å². The van der Waals surface area contributed by atoms with Gasteiger partial charge >= 0.3 is 12.1 Å². The van der Waals surface area contributed by atoms with Crippen LogP contribution in [0.3, 0.4) is 0 Å². The first kappa shape index (κ1) is 25.8. The number of hydrogen-bond acceptors (Lipinski definition) is 5. The lowest BCUT2D eigenvalue weighted by atomic mass is 9.45. The maximum Gasteiger partial charge on any atom is 0.471 e. The van der Waals surface area contributed by atoms with Gasteiger partial charge in [0.1, 0.15) is 5.78 Å². The van der Waals surface area contributed by atoms with E-state index in [1.807, 2.05) is 17.1 Å². The van der Waals surface area contributed by atoms with Gasteiger partial charge in [-0.2, -0.15) is 24.9 Å². The third-order valence-corrected chi connectivity index (χ3v) is 11.2. The number of rotatable bonds is 6. The number of alkyl halides is 3. The maximum absolute atomic E-state index is 12.7. The Bertz CT molecular complexity index is 835. The van der Waals surface area contributed by atoms with Crippen molar-refractivity contribution in [3.8, 4) is 0 Å². The monoisotopic (exact) mass is 502 g/mol. The molecule has 192 valence electrons. The highest BCUT2D eigenvalue weighted by Crippen LogP contribution is 2.65. The third kappa shape index (κ3) is 4.62. The second-order valence-corrected chi connectivity index (χ2v) is 12.8. The van der Waals surface area contributed by atoms with E-state index in [-0.39, 0.29) is 23.3 Å². The summed E-state index contributed by atoms with van der Waals surface area (Å²) in [6, 6.07) is 0. The zero-order chi connectivity index (χ0) is 24.7. The number of nitrogens with zero attached hydrogens (tertiary/aromatic N) is 1. The Morgan fingerprint density at radius 3 is 2.65 bits per heavy atom. The predicted molar refractivity (Wildman–Crippen MR) is 126 cm³/mol. The van der Waals surface area contributed by atoms with Crippen molar-refractivity contribution in [2.45, 2.75) is 89.5 Å². The standard InChI is InChI=1S/C25H37F3N2O3S/c1-23-9-7-15(34-12-4-3-11-29-22(32)25(26,27)28)13-19(23)20(30-33)14-16-17-5-6-21(31)24(17,2)10-8-18(16)23/h15-19,33H,3-14H2,1-2H3,(H,29,32)/b30-20-/t15-,16+,17+,18+,19?,23-,24+/m1/s1. The van der Waals surface area contributed by atoms with Crippen LogP contribution in [0.1, 0.15) is 78.1 Å². The number of fused-ring (bicyclic) bond motifs is 5. The van der Waals surface area contributed by atoms with Gasteiger partial charge in [0, 0.05) is 29.5 Å². The normalized spacial score (nSPS) is 41.0. The molecule has 1 amide bonds. The fourth-order valence-corrected chi connectivity index (χ4v) is 9.16. The van der Waals surface area contributed by atoms with Gasteiger partial charge in [-0.25, -0.2) is 0 Å². The first-order valence-electron chi connectivity index (χ1n) is 12.7. The lowest BCUT2D eigenvalue weighted by Crippen LogP contribution is -2.56. The number of Topliss-reactive ketones (excluding diaryl/α,β-unsaturated/α-hetero) is 1. The number of carbonyl (C=O) groups excluding carboxylic acids is 2. The van der Waals surface area contributed by atoms with Crippen molar-refractivity contribution in [3.05, 3.63) is 0 Å². The minimum absolute atomic E-state index is 0.0389. The molecule has 4 rings (SSSR count). The van der Waals surface area contributed by atoms with Crippen LogP contribution in [-0.2, 0) is 9.59 Å². The molecule has 0 aromatic carbocycles. The van der Waals surface area contributed by atoms with E-state index in [0.717, 1.165) is 62.8 Å². The number of ketones is 1. The summed E-state index contributed by atoms with van der Waals surface area (Å²) in [5, 5.41) is 16.1. The quantitative estimate of drug-likeness (QED) is 0.282. The van der Waals surface area contributed by atoms with Crippen molar-refractivity contribution in [1.29, 1.82) is 0 Å². The minimum Gasteiger partial charge on any atom is -0.411 e. The van der Waals surface area contributed by atoms with E-state index < -0.39 is 12.1 Å². The number of nitrogens with one attached hydrogen (secondary N) is 1. The molecule has 4 aliphatic rings. The molecule has 4 aliphatic carbocycles. The van der Waals surface area contributed by atoms with E-state index in [1.165, 1.54) is 0 Å². The molecule has 4 saturated carbocycles. The van der Waals surface area contributed by atoms with E-state index in [0.29, 0.717) is 41.6 Å². The number of halogens is 3. The van der Waals surface area contributed by atoms with Gasteiger partial charge in [0.2, 0.25) is 0 Å². The van der Waals surface area contributed by atoms with Crippen LogP contribution < -0.4 is 5.32 Å². The van der Waals surface area contributed by atoms with Crippen molar-refractivity contribution in [3.63, 3.8) is 0 Å². The Balaban J connectivity index is 1.31. The summed E-state index contributed by atoms with van der Waals surface area (Å²) in [6.45, 7) is 4.58. The Labute approximate surface area is 204 Å². The molecule has 0 aromatic heterocycles. The molecule has 4 fully saturated rings.